The summed E-state index contributed by atoms with van der Waals surface area (Å²) in [5, 5.41) is 3.76. The zero-order valence-corrected chi connectivity index (χ0v) is 12.3. The van der Waals surface area contributed by atoms with Crippen LogP contribution in [0, 0.1) is 5.82 Å². The Hall–Kier alpha value is -1.09. The number of fused-ring (bicyclic) bond motifs is 1. The maximum atomic E-state index is 13.8. The van der Waals surface area contributed by atoms with Crippen molar-refractivity contribution < 1.29 is 4.39 Å². The maximum Gasteiger partial charge on any atom is 0.129 e. The lowest BCUT2D eigenvalue weighted by atomic mass is 10.1. The zero-order chi connectivity index (χ0) is 14.1. The number of alkyl halides is 1. The second kappa shape index (κ2) is 5.72. The molecule has 0 radical (unpaired) electrons. The maximum absolute atomic E-state index is 13.8. The number of halogens is 3. The summed E-state index contributed by atoms with van der Waals surface area (Å²) in [6.07, 6.45) is 0.846. The van der Waals surface area contributed by atoms with Crippen LogP contribution in [0.2, 0.25) is 5.02 Å². The molecule has 1 N–H and O–H groups in total. The van der Waals surface area contributed by atoms with Crippen LogP contribution in [0.15, 0.2) is 42.5 Å². The summed E-state index contributed by atoms with van der Waals surface area (Å²) >= 11 is 12.2. The van der Waals surface area contributed by atoms with E-state index in [0.29, 0.717) is 17.1 Å². The van der Waals surface area contributed by atoms with Gasteiger partial charge < -0.3 is 5.32 Å². The molecule has 104 valence electrons. The number of benzene rings is 2. The predicted octanol–water partition coefficient (Wildman–Crippen LogP) is 4.47. The van der Waals surface area contributed by atoms with Crippen LogP contribution >= 0.6 is 23.2 Å². The van der Waals surface area contributed by atoms with E-state index in [1.165, 1.54) is 17.2 Å². The molecule has 20 heavy (non-hydrogen) atoms. The second-order valence-electron chi connectivity index (χ2n) is 5.01. The van der Waals surface area contributed by atoms with E-state index < -0.39 is 0 Å². The van der Waals surface area contributed by atoms with Crippen LogP contribution in [-0.4, -0.2) is 5.38 Å². The van der Waals surface area contributed by atoms with Gasteiger partial charge in [0, 0.05) is 23.2 Å². The van der Waals surface area contributed by atoms with Crippen molar-refractivity contribution in [3.05, 3.63) is 70.0 Å². The molecule has 1 aliphatic carbocycles. The van der Waals surface area contributed by atoms with Gasteiger partial charge >= 0.3 is 0 Å². The highest BCUT2D eigenvalue weighted by Crippen LogP contribution is 2.34. The van der Waals surface area contributed by atoms with Gasteiger partial charge in [-0.2, -0.15) is 0 Å². The van der Waals surface area contributed by atoms with Gasteiger partial charge in [-0.1, -0.05) is 41.9 Å². The summed E-state index contributed by atoms with van der Waals surface area (Å²) in [5.41, 5.74) is 3.08. The summed E-state index contributed by atoms with van der Waals surface area (Å²) in [6, 6.07) is 13.0. The first-order chi connectivity index (χ1) is 9.65. The van der Waals surface area contributed by atoms with Gasteiger partial charge in [-0.05, 0) is 29.7 Å². The predicted molar refractivity (Wildman–Crippen MR) is 80.8 cm³/mol. The molecule has 0 spiro atoms. The van der Waals surface area contributed by atoms with Gasteiger partial charge in [-0.3, -0.25) is 0 Å². The molecule has 2 aromatic rings. The van der Waals surface area contributed by atoms with Gasteiger partial charge in [0.15, 0.2) is 0 Å². The average Bonchev–Trinajstić information content (AvgIpc) is 2.74. The number of rotatable bonds is 3. The summed E-state index contributed by atoms with van der Waals surface area (Å²) in [7, 11) is 0. The normalized spacial score (nSPS) is 20.9. The van der Waals surface area contributed by atoms with E-state index in [-0.39, 0.29) is 17.2 Å². The van der Waals surface area contributed by atoms with Gasteiger partial charge in [0.2, 0.25) is 0 Å². The van der Waals surface area contributed by atoms with Crippen LogP contribution in [0.3, 0.4) is 0 Å². The van der Waals surface area contributed by atoms with Crippen molar-refractivity contribution in [1.29, 1.82) is 0 Å². The molecule has 2 unspecified atom stereocenters. The van der Waals surface area contributed by atoms with Gasteiger partial charge in [-0.15, -0.1) is 11.6 Å². The summed E-state index contributed by atoms with van der Waals surface area (Å²) in [6.45, 7) is 0.436. The molecule has 0 fully saturated rings. The monoisotopic (exact) mass is 309 g/mol. The molecule has 0 heterocycles. The minimum atomic E-state index is -0.289. The molecule has 0 saturated heterocycles. The Balaban J connectivity index is 1.75. The van der Waals surface area contributed by atoms with E-state index in [4.69, 9.17) is 23.2 Å². The minimum Gasteiger partial charge on any atom is -0.304 e. The first-order valence-corrected chi connectivity index (χ1v) is 7.36. The van der Waals surface area contributed by atoms with Crippen LogP contribution in [-0.2, 0) is 13.0 Å². The standard InChI is InChI=1S/C16H14Cl2FN/c17-12-6-5-11(15(19)8-12)9-20-16-13-4-2-1-3-10(13)7-14(16)18/h1-6,8,14,16,20H,7,9H2. The lowest BCUT2D eigenvalue weighted by molar-refractivity contribution is 0.518. The van der Waals surface area contributed by atoms with Crippen LogP contribution in [0.1, 0.15) is 22.7 Å². The number of hydrogen-bond acceptors (Lipinski definition) is 1. The largest absolute Gasteiger partial charge is 0.304 e. The fourth-order valence-corrected chi connectivity index (χ4v) is 3.22. The van der Waals surface area contributed by atoms with Crippen LogP contribution in [0.4, 0.5) is 4.39 Å². The summed E-state index contributed by atoms with van der Waals surface area (Å²) in [4.78, 5) is 0. The lowest BCUT2D eigenvalue weighted by Crippen LogP contribution is -2.25. The molecule has 0 bridgehead atoms. The number of hydrogen-bond donors (Lipinski definition) is 1. The van der Waals surface area contributed by atoms with Crippen molar-refractivity contribution in [2.75, 3.05) is 0 Å². The Labute approximate surface area is 127 Å². The number of nitrogens with one attached hydrogen (secondary N) is 1. The lowest BCUT2D eigenvalue weighted by Gasteiger charge is -2.17. The molecule has 0 amide bonds. The molecule has 1 aliphatic rings. The van der Waals surface area contributed by atoms with Gasteiger partial charge in [0.05, 0.1) is 5.38 Å². The van der Waals surface area contributed by atoms with E-state index in [1.807, 2.05) is 12.1 Å². The summed E-state index contributed by atoms with van der Waals surface area (Å²) in [5.74, 6) is -0.289. The molecule has 0 aromatic heterocycles. The van der Waals surface area contributed by atoms with E-state index >= 15 is 0 Å². The third kappa shape index (κ3) is 2.69. The molecule has 0 saturated carbocycles. The third-order valence-corrected chi connectivity index (χ3v) is 4.34. The molecular weight excluding hydrogens is 296 g/mol. The van der Waals surface area contributed by atoms with E-state index in [1.54, 1.807) is 12.1 Å². The van der Waals surface area contributed by atoms with E-state index in [9.17, 15) is 4.39 Å². The minimum absolute atomic E-state index is 0.00256. The smallest absolute Gasteiger partial charge is 0.129 e. The molecule has 3 rings (SSSR count). The Morgan fingerprint density at radius 2 is 2.00 bits per heavy atom. The Bertz CT molecular complexity index is 630. The molecule has 0 aliphatic heterocycles. The van der Waals surface area contributed by atoms with Crippen molar-refractivity contribution in [3.63, 3.8) is 0 Å². The highest BCUT2D eigenvalue weighted by molar-refractivity contribution is 6.30. The molecule has 4 heteroatoms. The fourth-order valence-electron chi connectivity index (χ4n) is 2.67. The van der Waals surface area contributed by atoms with Crippen LogP contribution < -0.4 is 5.32 Å². The van der Waals surface area contributed by atoms with Crippen molar-refractivity contribution in [3.8, 4) is 0 Å². The average molecular weight is 310 g/mol. The van der Waals surface area contributed by atoms with Crippen molar-refractivity contribution >= 4 is 23.2 Å². The highest BCUT2D eigenvalue weighted by atomic mass is 35.5. The molecule has 2 aromatic carbocycles. The first kappa shape index (κ1) is 13.9. The molecule has 1 nitrogen and oxygen atoms in total. The Morgan fingerprint density at radius 1 is 1.20 bits per heavy atom. The first-order valence-electron chi connectivity index (χ1n) is 6.54. The van der Waals surface area contributed by atoms with Gasteiger partial charge in [0.25, 0.3) is 0 Å². The van der Waals surface area contributed by atoms with Gasteiger partial charge in [0.1, 0.15) is 5.82 Å². The molecular formula is C16H14Cl2FN. The highest BCUT2D eigenvalue weighted by Gasteiger charge is 2.30. The van der Waals surface area contributed by atoms with E-state index in [0.717, 1.165) is 6.42 Å². The Kier molecular flexibility index (Phi) is 3.97. The zero-order valence-electron chi connectivity index (χ0n) is 10.7. The second-order valence-corrected chi connectivity index (χ2v) is 6.01. The fraction of sp³-hybridized carbons (Fsp3) is 0.250. The van der Waals surface area contributed by atoms with Crippen LogP contribution in [0.5, 0.6) is 0 Å². The van der Waals surface area contributed by atoms with Crippen LogP contribution in [0.25, 0.3) is 0 Å². The molecule has 2 atom stereocenters. The topological polar surface area (TPSA) is 12.0 Å². The third-order valence-electron chi connectivity index (χ3n) is 3.69. The SMILES string of the molecule is Fc1cc(Cl)ccc1CNC1c2ccccc2CC1Cl. The van der Waals surface area contributed by atoms with E-state index in [2.05, 4.69) is 17.4 Å². The quantitative estimate of drug-likeness (QED) is 0.825. The van der Waals surface area contributed by atoms with Crippen molar-refractivity contribution in [2.45, 2.75) is 24.4 Å². The van der Waals surface area contributed by atoms with Crippen molar-refractivity contribution in [1.82, 2.24) is 5.32 Å². The van der Waals surface area contributed by atoms with Gasteiger partial charge in [-0.25, -0.2) is 4.39 Å². The summed E-state index contributed by atoms with van der Waals surface area (Å²) < 4.78 is 13.8. The van der Waals surface area contributed by atoms with Crippen molar-refractivity contribution in [2.24, 2.45) is 0 Å². The Morgan fingerprint density at radius 3 is 2.80 bits per heavy atom.